The maximum atomic E-state index is 11.0. The molecule has 19 heavy (non-hydrogen) atoms. The monoisotopic (exact) mass is 284 g/mol. The number of rotatable bonds is 4. The third kappa shape index (κ3) is 3.23. The minimum atomic E-state index is -0.404. The van der Waals surface area contributed by atoms with Gasteiger partial charge in [0.1, 0.15) is 0 Å². The molecule has 0 saturated carbocycles. The molecule has 1 N–H and O–H groups in total. The molecule has 1 aromatic carbocycles. The SMILES string of the molecule is O=[N+]([O-])c1cccc(Cl)c1CN1CCCCC1CO. The highest BCUT2D eigenvalue weighted by Gasteiger charge is 2.25. The predicted octanol–water partition coefficient (Wildman–Crippen LogP) is 2.60. The first-order valence-corrected chi connectivity index (χ1v) is 6.78. The summed E-state index contributed by atoms with van der Waals surface area (Å²) in [4.78, 5) is 12.7. The van der Waals surface area contributed by atoms with Crippen molar-refractivity contribution in [3.63, 3.8) is 0 Å². The summed E-state index contributed by atoms with van der Waals surface area (Å²) in [6.45, 7) is 1.34. The van der Waals surface area contributed by atoms with Gasteiger partial charge in [-0.15, -0.1) is 0 Å². The molecule has 1 aromatic rings. The number of nitrogens with zero attached hydrogens (tertiary/aromatic N) is 2. The second-order valence-electron chi connectivity index (χ2n) is 4.80. The van der Waals surface area contributed by atoms with Gasteiger partial charge in [-0.25, -0.2) is 0 Å². The van der Waals surface area contributed by atoms with Crippen LogP contribution in [0.15, 0.2) is 18.2 Å². The topological polar surface area (TPSA) is 66.6 Å². The van der Waals surface area contributed by atoms with E-state index in [2.05, 4.69) is 4.90 Å². The summed E-state index contributed by atoms with van der Waals surface area (Å²) in [5.41, 5.74) is 0.587. The van der Waals surface area contributed by atoms with E-state index in [1.807, 2.05) is 0 Å². The summed E-state index contributed by atoms with van der Waals surface area (Å²) >= 11 is 6.09. The summed E-state index contributed by atoms with van der Waals surface area (Å²) in [6, 6.07) is 4.80. The Morgan fingerprint density at radius 1 is 1.47 bits per heavy atom. The molecule has 6 heteroatoms. The highest BCUT2D eigenvalue weighted by atomic mass is 35.5. The minimum Gasteiger partial charge on any atom is -0.395 e. The first kappa shape index (κ1) is 14.2. The van der Waals surface area contributed by atoms with Crippen molar-refractivity contribution < 1.29 is 10.0 Å². The van der Waals surface area contributed by atoms with Gasteiger partial charge < -0.3 is 5.11 Å². The lowest BCUT2D eigenvalue weighted by Crippen LogP contribution is -2.41. The summed E-state index contributed by atoms with van der Waals surface area (Å²) < 4.78 is 0. The fourth-order valence-electron chi connectivity index (χ4n) is 2.55. The Balaban J connectivity index is 2.24. The maximum Gasteiger partial charge on any atom is 0.275 e. The fourth-order valence-corrected chi connectivity index (χ4v) is 2.78. The summed E-state index contributed by atoms with van der Waals surface area (Å²) in [7, 11) is 0. The molecule has 1 atom stereocenters. The zero-order chi connectivity index (χ0) is 13.8. The van der Waals surface area contributed by atoms with Crippen LogP contribution in [0.2, 0.25) is 5.02 Å². The molecule has 1 unspecified atom stereocenters. The maximum absolute atomic E-state index is 11.0. The number of hydrogen-bond donors (Lipinski definition) is 1. The van der Waals surface area contributed by atoms with Gasteiger partial charge in [0.15, 0.2) is 0 Å². The van der Waals surface area contributed by atoms with Crippen LogP contribution in [0.25, 0.3) is 0 Å². The van der Waals surface area contributed by atoms with E-state index in [-0.39, 0.29) is 18.3 Å². The normalized spacial score (nSPS) is 20.4. The van der Waals surface area contributed by atoms with E-state index in [0.29, 0.717) is 17.1 Å². The van der Waals surface area contributed by atoms with Crippen LogP contribution in [0.3, 0.4) is 0 Å². The largest absolute Gasteiger partial charge is 0.395 e. The van der Waals surface area contributed by atoms with Crippen LogP contribution in [-0.4, -0.2) is 34.1 Å². The van der Waals surface area contributed by atoms with Gasteiger partial charge in [0.05, 0.1) is 22.1 Å². The van der Waals surface area contributed by atoms with E-state index in [0.717, 1.165) is 25.8 Å². The van der Waals surface area contributed by atoms with Crippen molar-refractivity contribution in [2.75, 3.05) is 13.2 Å². The van der Waals surface area contributed by atoms with Crippen LogP contribution in [0, 0.1) is 10.1 Å². The van der Waals surface area contributed by atoms with Gasteiger partial charge in [0.25, 0.3) is 5.69 Å². The van der Waals surface area contributed by atoms with Crippen molar-refractivity contribution in [1.29, 1.82) is 0 Å². The number of likely N-dealkylation sites (tertiary alicyclic amines) is 1. The van der Waals surface area contributed by atoms with E-state index in [9.17, 15) is 15.2 Å². The van der Waals surface area contributed by atoms with Gasteiger partial charge in [-0.2, -0.15) is 0 Å². The molecule has 2 rings (SSSR count). The van der Waals surface area contributed by atoms with Gasteiger partial charge in [0, 0.05) is 18.7 Å². The first-order valence-electron chi connectivity index (χ1n) is 6.40. The number of halogens is 1. The van der Waals surface area contributed by atoms with Crippen molar-refractivity contribution in [2.45, 2.75) is 31.8 Å². The lowest BCUT2D eigenvalue weighted by atomic mass is 10.0. The van der Waals surface area contributed by atoms with Crippen LogP contribution < -0.4 is 0 Å². The van der Waals surface area contributed by atoms with Gasteiger partial charge >= 0.3 is 0 Å². The van der Waals surface area contributed by atoms with E-state index in [1.54, 1.807) is 12.1 Å². The summed E-state index contributed by atoms with van der Waals surface area (Å²) in [6.07, 6.45) is 3.07. The fraction of sp³-hybridized carbons (Fsp3) is 0.538. The molecule has 0 amide bonds. The molecule has 1 aliphatic heterocycles. The van der Waals surface area contributed by atoms with Crippen LogP contribution in [-0.2, 0) is 6.54 Å². The number of aliphatic hydroxyl groups is 1. The number of piperidine rings is 1. The highest BCUT2D eigenvalue weighted by molar-refractivity contribution is 6.31. The Morgan fingerprint density at radius 2 is 2.26 bits per heavy atom. The minimum absolute atomic E-state index is 0.0507. The number of benzene rings is 1. The van der Waals surface area contributed by atoms with Crippen LogP contribution >= 0.6 is 11.6 Å². The van der Waals surface area contributed by atoms with Crippen LogP contribution in [0.5, 0.6) is 0 Å². The number of hydrogen-bond acceptors (Lipinski definition) is 4. The number of nitro groups is 1. The lowest BCUT2D eigenvalue weighted by molar-refractivity contribution is -0.385. The average molecular weight is 285 g/mol. The summed E-state index contributed by atoms with van der Waals surface area (Å²) in [5, 5.41) is 20.8. The predicted molar refractivity (Wildman–Crippen MR) is 73.2 cm³/mol. The first-order chi connectivity index (χ1) is 9.13. The zero-order valence-corrected chi connectivity index (χ0v) is 11.3. The van der Waals surface area contributed by atoms with Gasteiger partial charge in [-0.1, -0.05) is 24.1 Å². The van der Waals surface area contributed by atoms with E-state index < -0.39 is 4.92 Å². The van der Waals surface area contributed by atoms with Crippen LogP contribution in [0.1, 0.15) is 24.8 Å². The Morgan fingerprint density at radius 3 is 2.95 bits per heavy atom. The van der Waals surface area contributed by atoms with Crippen molar-refractivity contribution in [3.8, 4) is 0 Å². The highest BCUT2D eigenvalue weighted by Crippen LogP contribution is 2.29. The van der Waals surface area contributed by atoms with E-state index in [1.165, 1.54) is 6.07 Å². The molecule has 5 nitrogen and oxygen atoms in total. The Hall–Kier alpha value is -1.17. The average Bonchev–Trinajstić information content (AvgIpc) is 2.41. The molecule has 1 saturated heterocycles. The third-order valence-corrected chi connectivity index (χ3v) is 3.97. The molecule has 0 aromatic heterocycles. The molecule has 1 aliphatic rings. The molecular formula is C13H17ClN2O3. The Bertz CT molecular complexity index is 467. The summed E-state index contributed by atoms with van der Waals surface area (Å²) in [5.74, 6) is 0. The quantitative estimate of drug-likeness (QED) is 0.682. The third-order valence-electron chi connectivity index (χ3n) is 3.61. The molecule has 0 radical (unpaired) electrons. The Kier molecular flexibility index (Phi) is 4.74. The second kappa shape index (κ2) is 6.32. The van der Waals surface area contributed by atoms with Crippen LogP contribution in [0.4, 0.5) is 5.69 Å². The van der Waals surface area contributed by atoms with E-state index >= 15 is 0 Å². The standard InChI is InChI=1S/C13H17ClN2O3/c14-12-5-3-6-13(16(18)19)11(12)8-15-7-2-1-4-10(15)9-17/h3,5-6,10,17H,1-2,4,7-9H2. The molecule has 0 aliphatic carbocycles. The molecule has 1 fully saturated rings. The van der Waals surface area contributed by atoms with E-state index in [4.69, 9.17) is 11.6 Å². The molecule has 0 bridgehead atoms. The van der Waals surface area contributed by atoms with Crippen molar-refractivity contribution >= 4 is 17.3 Å². The molecule has 1 heterocycles. The lowest BCUT2D eigenvalue weighted by Gasteiger charge is -2.34. The van der Waals surface area contributed by atoms with Gasteiger partial charge in [-0.3, -0.25) is 15.0 Å². The van der Waals surface area contributed by atoms with Crippen molar-refractivity contribution in [3.05, 3.63) is 38.9 Å². The van der Waals surface area contributed by atoms with Gasteiger partial charge in [-0.05, 0) is 25.5 Å². The van der Waals surface area contributed by atoms with Crippen molar-refractivity contribution in [2.24, 2.45) is 0 Å². The van der Waals surface area contributed by atoms with Crippen molar-refractivity contribution in [1.82, 2.24) is 4.90 Å². The molecular weight excluding hydrogens is 268 g/mol. The number of aliphatic hydroxyl groups excluding tert-OH is 1. The Labute approximate surface area is 116 Å². The molecule has 0 spiro atoms. The smallest absolute Gasteiger partial charge is 0.275 e. The van der Waals surface area contributed by atoms with Gasteiger partial charge in [0.2, 0.25) is 0 Å². The second-order valence-corrected chi connectivity index (χ2v) is 5.20. The number of nitro benzene ring substituents is 1. The zero-order valence-electron chi connectivity index (χ0n) is 10.6. The molecule has 104 valence electrons.